The molecule has 0 aliphatic heterocycles. The molecule has 1 aromatic rings. The normalized spacial score (nSPS) is 13.1. The highest BCUT2D eigenvalue weighted by Gasteiger charge is 2.20. The Labute approximate surface area is 126 Å². The molecule has 0 radical (unpaired) electrons. The molecule has 0 aliphatic carbocycles. The summed E-state index contributed by atoms with van der Waals surface area (Å²) < 4.78 is 5.58. The van der Waals surface area contributed by atoms with Crippen LogP contribution in [0, 0.1) is 21.4 Å². The van der Waals surface area contributed by atoms with Gasteiger partial charge in [-0.2, -0.15) is 0 Å². The molecule has 1 atom stereocenters. The topological polar surface area (TPSA) is 64.4 Å². The average molecular weight is 294 g/mol. The summed E-state index contributed by atoms with van der Waals surface area (Å²) in [4.78, 5) is 10.6. The van der Waals surface area contributed by atoms with Crippen LogP contribution in [-0.4, -0.2) is 17.6 Å². The van der Waals surface area contributed by atoms with E-state index in [1.54, 1.807) is 6.07 Å². The number of anilines is 1. The molecule has 0 heterocycles. The number of nitro benzene ring substituents is 1. The molecule has 0 saturated carbocycles. The molecule has 1 N–H and O–H groups in total. The fraction of sp³-hybridized carbons (Fsp3) is 0.625. The second kappa shape index (κ2) is 6.78. The molecule has 5 nitrogen and oxygen atoms in total. The lowest BCUT2D eigenvalue weighted by atomic mass is 9.82. The van der Waals surface area contributed by atoms with E-state index in [9.17, 15) is 10.1 Å². The van der Waals surface area contributed by atoms with E-state index >= 15 is 0 Å². The molecular formula is C16H26N2O3. The molecule has 1 unspecified atom stereocenters. The molecule has 0 amide bonds. The van der Waals surface area contributed by atoms with Gasteiger partial charge in [0, 0.05) is 24.4 Å². The van der Waals surface area contributed by atoms with Crippen LogP contribution >= 0.6 is 0 Å². The van der Waals surface area contributed by atoms with Crippen molar-refractivity contribution in [1.82, 2.24) is 0 Å². The van der Waals surface area contributed by atoms with E-state index in [1.165, 1.54) is 6.07 Å². The summed E-state index contributed by atoms with van der Waals surface area (Å²) in [6, 6.07) is 4.81. The van der Waals surface area contributed by atoms with Crippen LogP contribution in [0.1, 0.15) is 41.5 Å². The second-order valence-electron chi connectivity index (χ2n) is 6.79. The maximum Gasteiger partial charge on any atom is 0.275 e. The number of nitro groups is 1. The monoisotopic (exact) mass is 294 g/mol. The van der Waals surface area contributed by atoms with Crippen molar-refractivity contribution >= 4 is 11.4 Å². The summed E-state index contributed by atoms with van der Waals surface area (Å²) >= 11 is 0. The second-order valence-corrected chi connectivity index (χ2v) is 6.79. The fourth-order valence-corrected chi connectivity index (χ4v) is 1.71. The van der Waals surface area contributed by atoms with Gasteiger partial charge < -0.3 is 10.1 Å². The Morgan fingerprint density at radius 2 is 1.86 bits per heavy atom. The number of nitrogens with zero attached hydrogens (tertiary/aromatic N) is 1. The summed E-state index contributed by atoms with van der Waals surface area (Å²) in [5.74, 6) is 0.955. The Bertz CT molecular complexity index is 493. The van der Waals surface area contributed by atoms with Crippen LogP contribution in [0.3, 0.4) is 0 Å². The molecular weight excluding hydrogens is 268 g/mol. The first-order valence-electron chi connectivity index (χ1n) is 7.29. The van der Waals surface area contributed by atoms with E-state index in [2.05, 4.69) is 33.0 Å². The van der Waals surface area contributed by atoms with Crippen LogP contribution in [-0.2, 0) is 0 Å². The van der Waals surface area contributed by atoms with Crippen LogP contribution in [0.5, 0.6) is 5.75 Å². The lowest BCUT2D eigenvalue weighted by molar-refractivity contribution is -0.384. The number of hydrogen-bond donors (Lipinski definition) is 1. The largest absolute Gasteiger partial charge is 0.491 e. The highest BCUT2D eigenvalue weighted by Crippen LogP contribution is 2.29. The Morgan fingerprint density at radius 1 is 1.24 bits per heavy atom. The summed E-state index contributed by atoms with van der Waals surface area (Å²) in [6.45, 7) is 13.3. The maximum atomic E-state index is 11.0. The van der Waals surface area contributed by atoms with Gasteiger partial charge in [0.15, 0.2) is 0 Å². The smallest absolute Gasteiger partial charge is 0.275 e. The van der Waals surface area contributed by atoms with Gasteiger partial charge >= 0.3 is 0 Å². The van der Waals surface area contributed by atoms with Crippen LogP contribution in [0.15, 0.2) is 18.2 Å². The van der Waals surface area contributed by atoms with Gasteiger partial charge in [0.2, 0.25) is 0 Å². The molecule has 0 aromatic heterocycles. The van der Waals surface area contributed by atoms with Crippen molar-refractivity contribution in [2.75, 3.05) is 11.9 Å². The zero-order valence-electron chi connectivity index (χ0n) is 13.8. The SMILES string of the molecule is CC(C)Oc1cc(NCC(C)C(C)(C)C)cc([N+](=O)[O-])c1. The zero-order valence-corrected chi connectivity index (χ0v) is 13.8. The third-order valence-electron chi connectivity index (χ3n) is 3.56. The number of nitrogens with one attached hydrogen (secondary N) is 1. The average Bonchev–Trinajstić information content (AvgIpc) is 2.33. The van der Waals surface area contributed by atoms with E-state index in [1.807, 2.05) is 19.9 Å². The van der Waals surface area contributed by atoms with Gasteiger partial charge in [0.1, 0.15) is 5.75 Å². The minimum Gasteiger partial charge on any atom is -0.491 e. The van der Waals surface area contributed by atoms with Gasteiger partial charge in [-0.1, -0.05) is 27.7 Å². The molecule has 0 spiro atoms. The third-order valence-corrected chi connectivity index (χ3v) is 3.56. The molecule has 0 fully saturated rings. The Morgan fingerprint density at radius 3 is 2.33 bits per heavy atom. The van der Waals surface area contributed by atoms with Gasteiger partial charge in [0.25, 0.3) is 5.69 Å². The number of non-ortho nitro benzene ring substituents is 1. The van der Waals surface area contributed by atoms with E-state index < -0.39 is 4.92 Å². The van der Waals surface area contributed by atoms with Crippen molar-refractivity contribution in [1.29, 1.82) is 0 Å². The molecule has 1 rings (SSSR count). The minimum atomic E-state index is -0.397. The van der Waals surface area contributed by atoms with Gasteiger partial charge in [-0.05, 0) is 25.2 Å². The van der Waals surface area contributed by atoms with E-state index in [0.717, 1.165) is 12.2 Å². The fourth-order valence-electron chi connectivity index (χ4n) is 1.71. The quantitative estimate of drug-likeness (QED) is 0.620. The van der Waals surface area contributed by atoms with Crippen LogP contribution < -0.4 is 10.1 Å². The summed E-state index contributed by atoms with van der Waals surface area (Å²) in [6.07, 6.45) is -0.0200. The Kier molecular flexibility index (Phi) is 5.58. The van der Waals surface area contributed by atoms with Crippen LogP contribution in [0.4, 0.5) is 11.4 Å². The lowest BCUT2D eigenvalue weighted by Gasteiger charge is -2.27. The van der Waals surface area contributed by atoms with E-state index in [-0.39, 0.29) is 17.2 Å². The Hall–Kier alpha value is -1.78. The molecule has 5 heteroatoms. The molecule has 0 aliphatic rings. The van der Waals surface area contributed by atoms with Crippen molar-refractivity contribution in [3.8, 4) is 5.75 Å². The maximum absolute atomic E-state index is 11.0. The van der Waals surface area contributed by atoms with Gasteiger partial charge in [-0.25, -0.2) is 0 Å². The number of benzene rings is 1. The van der Waals surface area contributed by atoms with E-state index in [4.69, 9.17) is 4.74 Å². The Balaban J connectivity index is 2.90. The number of rotatable bonds is 6. The van der Waals surface area contributed by atoms with Gasteiger partial charge in [-0.3, -0.25) is 10.1 Å². The first-order chi connectivity index (χ1) is 9.59. The van der Waals surface area contributed by atoms with E-state index in [0.29, 0.717) is 11.7 Å². The van der Waals surface area contributed by atoms with Crippen molar-refractivity contribution in [2.24, 2.45) is 11.3 Å². The van der Waals surface area contributed by atoms with Crippen LogP contribution in [0.2, 0.25) is 0 Å². The number of hydrogen-bond acceptors (Lipinski definition) is 4. The summed E-state index contributed by atoms with van der Waals surface area (Å²) in [5, 5.41) is 14.3. The van der Waals surface area contributed by atoms with Crippen LogP contribution in [0.25, 0.3) is 0 Å². The first-order valence-corrected chi connectivity index (χ1v) is 7.29. The van der Waals surface area contributed by atoms with Crippen molar-refractivity contribution in [2.45, 2.75) is 47.6 Å². The molecule has 1 aromatic carbocycles. The van der Waals surface area contributed by atoms with Crippen molar-refractivity contribution < 1.29 is 9.66 Å². The lowest BCUT2D eigenvalue weighted by Crippen LogP contribution is -2.24. The third kappa shape index (κ3) is 5.61. The number of ether oxygens (including phenoxy) is 1. The highest BCUT2D eigenvalue weighted by atomic mass is 16.6. The molecule has 118 valence electrons. The van der Waals surface area contributed by atoms with Gasteiger partial charge in [-0.15, -0.1) is 0 Å². The first kappa shape index (κ1) is 17.3. The highest BCUT2D eigenvalue weighted by molar-refractivity contribution is 5.56. The zero-order chi connectivity index (χ0) is 16.2. The summed E-state index contributed by atoms with van der Waals surface area (Å²) in [5.41, 5.74) is 0.945. The predicted octanol–water partition coefficient (Wildman–Crippen LogP) is 4.48. The minimum absolute atomic E-state index is 0.0200. The summed E-state index contributed by atoms with van der Waals surface area (Å²) in [7, 11) is 0. The standard InChI is InChI=1S/C16H26N2O3/c1-11(2)21-15-8-13(7-14(9-15)18(19)20)17-10-12(3)16(4,5)6/h7-9,11-12,17H,10H2,1-6H3. The molecule has 0 saturated heterocycles. The predicted molar refractivity (Wildman–Crippen MR) is 86.0 cm³/mol. The van der Waals surface area contributed by atoms with Crippen molar-refractivity contribution in [3.05, 3.63) is 28.3 Å². The van der Waals surface area contributed by atoms with Gasteiger partial charge in [0.05, 0.1) is 17.1 Å². The molecule has 21 heavy (non-hydrogen) atoms. The molecule has 0 bridgehead atoms. The van der Waals surface area contributed by atoms with Crippen molar-refractivity contribution in [3.63, 3.8) is 0 Å².